The van der Waals surface area contributed by atoms with Gasteiger partial charge in [-0.1, -0.05) is 46.3 Å². The van der Waals surface area contributed by atoms with Crippen molar-refractivity contribution in [2.45, 2.75) is 76.3 Å². The van der Waals surface area contributed by atoms with Gasteiger partial charge in [-0.25, -0.2) is 0 Å². The number of fused-ring (bicyclic) bond motifs is 18. The van der Waals surface area contributed by atoms with E-state index in [2.05, 4.69) is 37.2 Å². The van der Waals surface area contributed by atoms with Gasteiger partial charge in [-0.2, -0.15) is 0 Å². The van der Waals surface area contributed by atoms with Crippen molar-refractivity contribution >= 4 is 80.3 Å². The predicted molar refractivity (Wildman–Crippen MR) is 215 cm³/mol. The molecule has 18 heteroatoms. The van der Waals surface area contributed by atoms with Crippen LogP contribution in [-0.4, -0.2) is 82.8 Å². The largest absolute Gasteiger partial charge is 0.481 e. The number of benzene rings is 2. The second kappa shape index (κ2) is 20.5. The molecular formula is C41H41BrN4O12S. The van der Waals surface area contributed by atoms with Crippen molar-refractivity contribution in [1.82, 2.24) is 16.0 Å². The number of thiophene rings is 1. The number of Topliss-reactive ketones (excluding diaryl/α,β-unsaturated/α-hetero) is 1. The Morgan fingerprint density at radius 2 is 1.34 bits per heavy atom. The Hall–Kier alpha value is -6.14. The zero-order chi connectivity index (χ0) is 42.6. The number of carbonyl (C=O) groups is 8. The van der Waals surface area contributed by atoms with E-state index in [1.807, 2.05) is 0 Å². The molecule has 0 unspecified atom stereocenters. The number of hydrogen-bond donors (Lipinski definition) is 5. The van der Waals surface area contributed by atoms with E-state index in [0.717, 1.165) is 18.3 Å². The van der Waals surface area contributed by atoms with E-state index in [1.165, 1.54) is 41.9 Å². The molecule has 2 aliphatic heterocycles. The van der Waals surface area contributed by atoms with Crippen LogP contribution in [0.2, 0.25) is 0 Å². The molecule has 2 bridgehead atoms. The first-order chi connectivity index (χ1) is 28.1. The highest BCUT2D eigenvalue weighted by molar-refractivity contribution is 9.10. The van der Waals surface area contributed by atoms with Gasteiger partial charge in [0.15, 0.2) is 5.78 Å². The number of esters is 2. The molecule has 0 spiro atoms. The summed E-state index contributed by atoms with van der Waals surface area (Å²) in [4.78, 5) is 108. The Kier molecular flexibility index (Phi) is 15.3. The van der Waals surface area contributed by atoms with Gasteiger partial charge < -0.3 is 40.3 Å². The van der Waals surface area contributed by atoms with Gasteiger partial charge in [0.25, 0.3) is 11.8 Å². The number of ketones is 1. The number of furan rings is 1. The number of amides is 4. The van der Waals surface area contributed by atoms with Crippen molar-refractivity contribution < 1.29 is 57.4 Å². The first-order valence-corrected chi connectivity index (χ1v) is 20.0. The summed E-state index contributed by atoms with van der Waals surface area (Å²) in [5.74, 6) is -8.70. The van der Waals surface area contributed by atoms with Crippen LogP contribution in [-0.2, 0) is 73.5 Å². The molecule has 0 saturated carbocycles. The molecule has 2 aliphatic rings. The maximum atomic E-state index is 14.3. The van der Waals surface area contributed by atoms with E-state index in [4.69, 9.17) is 13.9 Å². The van der Waals surface area contributed by atoms with Crippen molar-refractivity contribution in [1.29, 1.82) is 0 Å². The summed E-state index contributed by atoms with van der Waals surface area (Å²) < 4.78 is 16.7. The number of halogens is 1. The maximum Gasteiger partial charge on any atom is 0.307 e. The number of aliphatic carboxylic acids is 1. The zero-order valence-electron chi connectivity index (χ0n) is 31.8. The molecule has 4 aromatic rings. The lowest BCUT2D eigenvalue weighted by molar-refractivity contribution is -0.173. The second-order valence-corrected chi connectivity index (χ2v) is 15.7. The Morgan fingerprint density at radius 3 is 1.92 bits per heavy atom. The summed E-state index contributed by atoms with van der Waals surface area (Å²) in [6.45, 7) is 1.96. The monoisotopic (exact) mass is 892 g/mol. The molecule has 0 radical (unpaired) electrons. The molecule has 6 rings (SSSR count). The van der Waals surface area contributed by atoms with Gasteiger partial charge >= 0.3 is 17.9 Å². The van der Waals surface area contributed by atoms with Gasteiger partial charge in [-0.3, -0.25) is 38.4 Å². The van der Waals surface area contributed by atoms with Crippen LogP contribution in [0.1, 0.15) is 42.0 Å². The molecular weight excluding hydrogens is 852 g/mol. The van der Waals surface area contributed by atoms with Crippen LogP contribution >= 0.6 is 27.3 Å². The number of carbonyl (C=O) groups excluding carboxylic acids is 7. The smallest absolute Gasteiger partial charge is 0.307 e. The zero-order valence-corrected chi connectivity index (χ0v) is 34.2. The number of ether oxygens (including phenoxy) is 2. The number of hydrogen-bond acceptors (Lipinski definition) is 12. The van der Waals surface area contributed by atoms with Crippen molar-refractivity contribution in [3.05, 3.63) is 111 Å². The van der Waals surface area contributed by atoms with E-state index >= 15 is 0 Å². The minimum atomic E-state index is -2.09. The quantitative estimate of drug-likeness (QED) is 0.120. The lowest BCUT2D eigenvalue weighted by Crippen LogP contribution is -2.59. The van der Waals surface area contributed by atoms with E-state index in [-0.39, 0.29) is 31.4 Å². The number of nitrogens with one attached hydrogen (secondary N) is 4. The fraction of sp³-hybridized carbons (Fsp3) is 0.317. The number of rotatable bonds is 9. The molecule has 0 fully saturated rings. The van der Waals surface area contributed by atoms with E-state index in [1.54, 1.807) is 53.9 Å². The fourth-order valence-electron chi connectivity index (χ4n) is 6.30. The lowest BCUT2D eigenvalue weighted by Gasteiger charge is -2.28. The summed E-state index contributed by atoms with van der Waals surface area (Å²) in [5.41, 5.74) is 1.22. The minimum absolute atomic E-state index is 0.0927. The van der Waals surface area contributed by atoms with Crippen LogP contribution in [0.3, 0.4) is 0 Å². The molecule has 2 aromatic carbocycles. The van der Waals surface area contributed by atoms with Crippen molar-refractivity contribution in [3.63, 3.8) is 0 Å². The summed E-state index contributed by atoms with van der Waals surface area (Å²) in [5, 5.41) is 22.4. The summed E-state index contributed by atoms with van der Waals surface area (Å²) in [7, 11) is 0. The van der Waals surface area contributed by atoms with Crippen LogP contribution in [0, 0.1) is 5.92 Å². The van der Waals surface area contributed by atoms with Crippen LogP contribution in [0.25, 0.3) is 0 Å². The number of carboxylic acid groups (broad SMARTS) is 1. The van der Waals surface area contributed by atoms with Crippen molar-refractivity contribution in [3.8, 4) is 0 Å². The van der Waals surface area contributed by atoms with Crippen LogP contribution in [0.5, 0.6) is 0 Å². The number of carboxylic acids is 1. The van der Waals surface area contributed by atoms with E-state index in [0.29, 0.717) is 21.8 Å². The molecule has 16 nitrogen and oxygen atoms in total. The topological polar surface area (TPSA) is 237 Å². The summed E-state index contributed by atoms with van der Waals surface area (Å²) >= 11 is 4.65. The molecule has 0 saturated heterocycles. The van der Waals surface area contributed by atoms with Gasteiger partial charge in [0, 0.05) is 54.6 Å². The van der Waals surface area contributed by atoms with Crippen LogP contribution < -0.4 is 21.3 Å². The minimum Gasteiger partial charge on any atom is -0.481 e. The number of anilines is 1. The van der Waals surface area contributed by atoms with Crippen molar-refractivity contribution in [2.24, 2.45) is 5.92 Å². The molecule has 6 atom stereocenters. The highest BCUT2D eigenvalue weighted by atomic mass is 79.9. The molecule has 2 aromatic heterocycles. The third kappa shape index (κ3) is 12.9. The highest BCUT2D eigenvalue weighted by Gasteiger charge is 2.41. The molecule has 310 valence electrons. The first-order valence-electron chi connectivity index (χ1n) is 18.3. The van der Waals surface area contributed by atoms with Gasteiger partial charge in [-0.05, 0) is 65.4 Å². The van der Waals surface area contributed by atoms with Gasteiger partial charge in [-0.15, -0.1) is 11.3 Å². The normalized spacial score (nSPS) is 22.2. The first kappa shape index (κ1) is 44.0. The van der Waals surface area contributed by atoms with Gasteiger partial charge in [0.1, 0.15) is 17.8 Å². The van der Waals surface area contributed by atoms with Gasteiger partial charge in [0.05, 0.1) is 18.2 Å². The van der Waals surface area contributed by atoms with Crippen molar-refractivity contribution in [2.75, 3.05) is 5.32 Å². The molecule has 0 aliphatic carbocycles. The highest BCUT2D eigenvalue weighted by Crippen LogP contribution is 2.21. The second-order valence-electron chi connectivity index (χ2n) is 13.7. The van der Waals surface area contributed by atoms with E-state index < -0.39 is 90.0 Å². The van der Waals surface area contributed by atoms with E-state index in [9.17, 15) is 43.5 Å². The average molecular weight is 894 g/mol. The molecule has 4 heterocycles. The standard InChI is InChI=1S/C41H41BrN4O12S/c1-22(47)57-35-36(58-23(2)48)40(53)46-33(21-30-6-4-16-59-30)38(51)45-32(18-25-7-11-27(42)12-8-25)37(50)44-31(20-29-5-3-15-56-29)34(49)19-26(41(54)55)17-24-9-13-28(14-10-24)43-39(35)52/h3-16,26,31-33,35-36H,17-21H2,1-2H3,(H,43,52)(H,44,50)(H,45,51)(H,46,53)(H,54,55)/t26-,31+,32-,33+,35+,36+/m0/s1. The molecule has 4 amide bonds. The Morgan fingerprint density at radius 1 is 0.729 bits per heavy atom. The summed E-state index contributed by atoms with van der Waals surface area (Å²) in [6, 6.07) is 15.3. The molecule has 59 heavy (non-hydrogen) atoms. The van der Waals surface area contributed by atoms with Crippen LogP contribution in [0.15, 0.2) is 93.3 Å². The third-order valence-electron chi connectivity index (χ3n) is 9.17. The Labute approximate surface area is 350 Å². The molecule has 5 N–H and O–H groups in total. The van der Waals surface area contributed by atoms with Gasteiger partial charge in [0.2, 0.25) is 24.0 Å². The van der Waals surface area contributed by atoms with Crippen LogP contribution in [0.4, 0.5) is 5.69 Å². The third-order valence-corrected chi connectivity index (χ3v) is 10.6. The predicted octanol–water partition coefficient (Wildman–Crippen LogP) is 3.30. The Balaban J connectivity index is 1.59. The SMILES string of the molecule is CC(=O)O[C@H]1C(=O)Nc2ccc(cc2)C[C@H](C(=O)O)CC(=O)[C@@H](Cc2ccco2)NC(=O)[C@H](Cc2ccc(Br)cc2)NC(=O)[C@@H](Cc2cccs2)NC(=O)[C@@H]1OC(C)=O. The average Bonchev–Trinajstić information content (AvgIpc) is 3.91. The maximum absolute atomic E-state index is 14.3. The summed E-state index contributed by atoms with van der Waals surface area (Å²) in [6.07, 6.45) is -3.69. The Bertz CT molecular complexity index is 2140. The lowest BCUT2D eigenvalue weighted by atomic mass is 9.91. The fourth-order valence-corrected chi connectivity index (χ4v) is 7.31.